The summed E-state index contributed by atoms with van der Waals surface area (Å²) in [6.45, 7) is 2.30. The number of methoxy groups -OCH3 is 1. The number of phenols is 1. The summed E-state index contributed by atoms with van der Waals surface area (Å²) in [7, 11) is 1.44. The van der Waals surface area contributed by atoms with Gasteiger partial charge in [0.25, 0.3) is 5.91 Å². The van der Waals surface area contributed by atoms with Gasteiger partial charge in [-0.2, -0.15) is 0 Å². The second kappa shape index (κ2) is 5.71. The van der Waals surface area contributed by atoms with Crippen molar-refractivity contribution in [1.82, 2.24) is 10.3 Å². The first-order chi connectivity index (χ1) is 9.11. The maximum absolute atomic E-state index is 12.0. The van der Waals surface area contributed by atoms with Gasteiger partial charge in [-0.15, -0.1) is 11.3 Å². The second-order valence-electron chi connectivity index (χ2n) is 3.90. The molecule has 5 nitrogen and oxygen atoms in total. The number of ether oxygens (including phenoxy) is 1. The fourth-order valence-corrected chi connectivity index (χ4v) is 2.33. The minimum atomic E-state index is -0.357. The van der Waals surface area contributed by atoms with Gasteiger partial charge in [-0.05, 0) is 19.1 Å². The highest BCUT2D eigenvalue weighted by Gasteiger charge is 2.14. The van der Waals surface area contributed by atoms with Gasteiger partial charge in [-0.1, -0.05) is 6.07 Å². The van der Waals surface area contributed by atoms with Crippen LogP contribution in [0.4, 0.5) is 0 Å². The molecule has 0 aliphatic heterocycles. The Balaban J connectivity index is 2.08. The third-order valence-electron chi connectivity index (χ3n) is 2.53. The summed E-state index contributed by atoms with van der Waals surface area (Å²) in [6.07, 6.45) is 1.76. The number of phenolic OH excluding ortho intramolecular Hbond substituents is 1. The van der Waals surface area contributed by atoms with E-state index in [4.69, 9.17) is 4.74 Å². The van der Waals surface area contributed by atoms with E-state index in [-0.39, 0.29) is 23.0 Å². The molecule has 0 saturated carbocycles. The molecular formula is C13H14N2O3S. The van der Waals surface area contributed by atoms with Crippen molar-refractivity contribution in [2.75, 3.05) is 7.11 Å². The summed E-state index contributed by atoms with van der Waals surface area (Å²) in [5.74, 6) is -0.236. The number of nitrogens with one attached hydrogen (secondary N) is 1. The first-order valence-corrected chi connectivity index (χ1v) is 6.49. The molecule has 1 amide bonds. The van der Waals surface area contributed by atoms with Gasteiger partial charge in [0.2, 0.25) is 0 Å². The maximum atomic E-state index is 12.0. The lowest BCUT2D eigenvalue weighted by Crippen LogP contribution is -2.22. The van der Waals surface area contributed by atoms with Gasteiger partial charge >= 0.3 is 0 Å². The van der Waals surface area contributed by atoms with Crippen LogP contribution in [-0.2, 0) is 6.54 Å². The Bertz CT molecular complexity index is 595. The Morgan fingerprint density at radius 1 is 1.53 bits per heavy atom. The number of carbonyl (C=O) groups excluding carboxylic acids is 1. The first-order valence-electron chi connectivity index (χ1n) is 5.67. The van der Waals surface area contributed by atoms with E-state index in [2.05, 4.69) is 10.3 Å². The highest BCUT2D eigenvalue weighted by molar-refractivity contribution is 7.11. The van der Waals surface area contributed by atoms with Crippen LogP contribution < -0.4 is 10.1 Å². The quantitative estimate of drug-likeness (QED) is 0.898. The number of carbonyl (C=O) groups is 1. The molecule has 0 radical (unpaired) electrons. The van der Waals surface area contributed by atoms with E-state index in [9.17, 15) is 9.90 Å². The van der Waals surface area contributed by atoms with Crippen molar-refractivity contribution in [2.24, 2.45) is 0 Å². The average Bonchev–Trinajstić information content (AvgIpc) is 2.82. The lowest BCUT2D eigenvalue weighted by Gasteiger charge is -2.08. The summed E-state index contributed by atoms with van der Waals surface area (Å²) >= 11 is 1.52. The van der Waals surface area contributed by atoms with Gasteiger partial charge in [-0.25, -0.2) is 4.98 Å². The van der Waals surface area contributed by atoms with Crippen LogP contribution in [0.2, 0.25) is 0 Å². The van der Waals surface area contributed by atoms with E-state index in [1.54, 1.807) is 24.4 Å². The fourth-order valence-electron chi connectivity index (χ4n) is 1.60. The van der Waals surface area contributed by atoms with E-state index in [1.807, 2.05) is 6.92 Å². The molecule has 1 heterocycles. The number of benzene rings is 1. The number of rotatable bonds is 4. The molecule has 0 atom stereocenters. The highest BCUT2D eigenvalue weighted by atomic mass is 32.1. The minimum absolute atomic E-state index is 0.155. The average molecular weight is 278 g/mol. The molecule has 100 valence electrons. The summed E-state index contributed by atoms with van der Waals surface area (Å²) < 4.78 is 4.96. The largest absolute Gasteiger partial charge is 0.504 e. The fraction of sp³-hybridized carbons (Fsp3) is 0.231. The molecule has 0 aliphatic carbocycles. The number of thiazole rings is 1. The predicted octanol–water partition coefficient (Wildman–Crippen LogP) is 2.10. The lowest BCUT2D eigenvalue weighted by molar-refractivity contribution is 0.0947. The van der Waals surface area contributed by atoms with Crippen molar-refractivity contribution >= 4 is 17.2 Å². The second-order valence-corrected chi connectivity index (χ2v) is 5.22. The van der Waals surface area contributed by atoms with Crippen molar-refractivity contribution in [3.05, 3.63) is 39.8 Å². The zero-order valence-corrected chi connectivity index (χ0v) is 11.5. The monoisotopic (exact) mass is 278 g/mol. The van der Waals surface area contributed by atoms with E-state index in [0.29, 0.717) is 6.54 Å². The number of para-hydroxylation sites is 1. The molecule has 0 saturated heterocycles. The lowest BCUT2D eigenvalue weighted by atomic mass is 10.1. The van der Waals surface area contributed by atoms with Crippen molar-refractivity contribution in [3.8, 4) is 11.5 Å². The van der Waals surface area contributed by atoms with Crippen LogP contribution in [0.5, 0.6) is 11.5 Å². The van der Waals surface area contributed by atoms with Crippen molar-refractivity contribution in [2.45, 2.75) is 13.5 Å². The SMILES string of the molecule is COc1cccc(C(=O)NCc2ncc(C)s2)c1O. The zero-order chi connectivity index (χ0) is 13.8. The molecular weight excluding hydrogens is 264 g/mol. The van der Waals surface area contributed by atoms with E-state index in [1.165, 1.54) is 18.4 Å². The molecule has 2 rings (SSSR count). The minimum Gasteiger partial charge on any atom is -0.504 e. The number of hydrogen-bond acceptors (Lipinski definition) is 5. The van der Waals surface area contributed by atoms with Gasteiger partial charge in [0.1, 0.15) is 5.01 Å². The van der Waals surface area contributed by atoms with E-state index >= 15 is 0 Å². The Hall–Kier alpha value is -2.08. The number of hydrogen-bond donors (Lipinski definition) is 2. The van der Waals surface area contributed by atoms with Crippen LogP contribution in [0.25, 0.3) is 0 Å². The van der Waals surface area contributed by atoms with Crippen LogP contribution in [0.3, 0.4) is 0 Å². The molecule has 2 N–H and O–H groups in total. The number of aromatic hydroxyl groups is 1. The third-order valence-corrected chi connectivity index (χ3v) is 3.45. The van der Waals surface area contributed by atoms with Crippen LogP contribution in [0, 0.1) is 6.92 Å². The number of nitrogens with zero attached hydrogens (tertiary/aromatic N) is 1. The summed E-state index contributed by atoms with van der Waals surface area (Å²) in [5, 5.41) is 13.4. The van der Waals surface area contributed by atoms with Crippen molar-refractivity contribution in [3.63, 3.8) is 0 Å². The van der Waals surface area contributed by atoms with Crippen LogP contribution in [0.1, 0.15) is 20.2 Å². The molecule has 0 spiro atoms. The molecule has 0 aliphatic rings. The zero-order valence-electron chi connectivity index (χ0n) is 10.6. The van der Waals surface area contributed by atoms with E-state index in [0.717, 1.165) is 9.88 Å². The normalized spacial score (nSPS) is 10.2. The topological polar surface area (TPSA) is 71.5 Å². The molecule has 19 heavy (non-hydrogen) atoms. The first kappa shape index (κ1) is 13.4. The van der Waals surface area contributed by atoms with Gasteiger partial charge in [0, 0.05) is 11.1 Å². The molecule has 1 aromatic heterocycles. The summed E-state index contributed by atoms with van der Waals surface area (Å²) in [6, 6.07) is 4.79. The van der Waals surface area contributed by atoms with Crippen LogP contribution >= 0.6 is 11.3 Å². The number of aromatic nitrogens is 1. The molecule has 0 bridgehead atoms. The van der Waals surface area contributed by atoms with Gasteiger partial charge in [0.15, 0.2) is 11.5 Å². The van der Waals surface area contributed by atoms with E-state index < -0.39 is 0 Å². The molecule has 1 aromatic carbocycles. The Kier molecular flexibility index (Phi) is 4.01. The maximum Gasteiger partial charge on any atom is 0.255 e. The molecule has 0 unspecified atom stereocenters. The number of aryl methyl sites for hydroxylation is 1. The van der Waals surface area contributed by atoms with Gasteiger partial charge < -0.3 is 15.2 Å². The van der Waals surface area contributed by atoms with Gasteiger partial charge in [0.05, 0.1) is 19.2 Å². The van der Waals surface area contributed by atoms with Gasteiger partial charge in [-0.3, -0.25) is 4.79 Å². The molecule has 2 aromatic rings. The molecule has 0 fully saturated rings. The van der Waals surface area contributed by atoms with Crippen molar-refractivity contribution < 1.29 is 14.6 Å². The Morgan fingerprint density at radius 2 is 2.32 bits per heavy atom. The standard InChI is InChI=1S/C13H14N2O3S/c1-8-6-14-11(19-8)7-15-13(17)9-4-3-5-10(18-2)12(9)16/h3-6,16H,7H2,1-2H3,(H,15,17). The smallest absolute Gasteiger partial charge is 0.255 e. The Labute approximate surface area is 114 Å². The highest BCUT2D eigenvalue weighted by Crippen LogP contribution is 2.29. The number of amides is 1. The van der Waals surface area contributed by atoms with Crippen LogP contribution in [0.15, 0.2) is 24.4 Å². The molecule has 6 heteroatoms. The summed E-state index contributed by atoms with van der Waals surface area (Å²) in [5.41, 5.74) is 0.188. The van der Waals surface area contributed by atoms with Crippen molar-refractivity contribution in [1.29, 1.82) is 0 Å². The third kappa shape index (κ3) is 3.03. The predicted molar refractivity (Wildman–Crippen MR) is 72.7 cm³/mol. The summed E-state index contributed by atoms with van der Waals surface area (Å²) in [4.78, 5) is 17.2. The van der Waals surface area contributed by atoms with Crippen LogP contribution in [-0.4, -0.2) is 23.1 Å². The Morgan fingerprint density at radius 3 is 2.95 bits per heavy atom.